The van der Waals surface area contributed by atoms with E-state index in [4.69, 9.17) is 10.8 Å². The number of hydrogen-bond acceptors (Lipinski definition) is 5. The maximum Gasteiger partial charge on any atom is 0.328 e. The highest BCUT2D eigenvalue weighted by Gasteiger charge is 2.14. The van der Waals surface area contributed by atoms with Crippen LogP contribution in [0.5, 0.6) is 0 Å². The standard InChI is InChI=1S/C22H19N3O5S/c23-20-14-16(7-6-15(20)8-13-21(26)27)22(28)24-17-9-11-19(12-10-17)31(29,30)25-18-4-2-1-3-5-18/h1-14,25H,23H2,(H,24,28)(H,26,27)/b13-8-. The van der Waals surface area contributed by atoms with Gasteiger partial charge in [0.1, 0.15) is 0 Å². The molecule has 0 fully saturated rings. The summed E-state index contributed by atoms with van der Waals surface area (Å²) in [6.45, 7) is 0. The Bertz CT molecular complexity index is 1240. The third-order valence-electron chi connectivity index (χ3n) is 4.20. The van der Waals surface area contributed by atoms with Crippen molar-refractivity contribution < 1.29 is 23.1 Å². The van der Waals surface area contributed by atoms with E-state index < -0.39 is 21.9 Å². The van der Waals surface area contributed by atoms with Gasteiger partial charge in [0.05, 0.1) is 4.90 Å². The summed E-state index contributed by atoms with van der Waals surface area (Å²) in [5.74, 6) is -1.55. The van der Waals surface area contributed by atoms with Crippen molar-refractivity contribution in [2.45, 2.75) is 4.90 Å². The maximum atomic E-state index is 12.5. The fraction of sp³-hybridized carbons (Fsp3) is 0. The lowest BCUT2D eigenvalue weighted by Gasteiger charge is -2.10. The highest BCUT2D eigenvalue weighted by Crippen LogP contribution is 2.20. The molecule has 0 spiro atoms. The van der Waals surface area contributed by atoms with Gasteiger partial charge in [0.25, 0.3) is 15.9 Å². The van der Waals surface area contributed by atoms with E-state index in [-0.39, 0.29) is 16.1 Å². The summed E-state index contributed by atoms with van der Waals surface area (Å²) in [5, 5.41) is 11.3. The first kappa shape index (κ1) is 21.6. The van der Waals surface area contributed by atoms with Gasteiger partial charge in [-0.1, -0.05) is 24.3 Å². The van der Waals surface area contributed by atoms with Crippen LogP contribution < -0.4 is 15.8 Å². The lowest BCUT2D eigenvalue weighted by Crippen LogP contribution is -2.14. The van der Waals surface area contributed by atoms with E-state index in [0.29, 0.717) is 16.9 Å². The van der Waals surface area contributed by atoms with Crippen LogP contribution in [0.15, 0.2) is 83.8 Å². The number of hydrogen-bond donors (Lipinski definition) is 4. The van der Waals surface area contributed by atoms with Gasteiger partial charge < -0.3 is 16.2 Å². The molecule has 3 rings (SSSR count). The average Bonchev–Trinajstić information content (AvgIpc) is 2.73. The fourth-order valence-corrected chi connectivity index (χ4v) is 3.73. The Morgan fingerprint density at radius 3 is 2.19 bits per heavy atom. The second-order valence-corrected chi connectivity index (χ2v) is 8.15. The Morgan fingerprint density at radius 2 is 1.58 bits per heavy atom. The minimum absolute atomic E-state index is 0.0492. The molecule has 0 aromatic heterocycles. The van der Waals surface area contributed by atoms with Gasteiger partial charge in [-0.2, -0.15) is 0 Å². The lowest BCUT2D eigenvalue weighted by atomic mass is 10.1. The normalized spacial score (nSPS) is 11.2. The molecular weight excluding hydrogens is 418 g/mol. The van der Waals surface area contributed by atoms with Crippen LogP contribution >= 0.6 is 0 Å². The number of carbonyl (C=O) groups is 2. The predicted molar refractivity (Wildman–Crippen MR) is 119 cm³/mol. The first-order chi connectivity index (χ1) is 14.7. The van der Waals surface area contributed by atoms with Crippen LogP contribution in [-0.4, -0.2) is 25.4 Å². The summed E-state index contributed by atoms with van der Waals surface area (Å²) < 4.78 is 27.4. The zero-order chi connectivity index (χ0) is 22.4. The number of rotatable bonds is 7. The molecule has 1 amide bonds. The van der Waals surface area contributed by atoms with E-state index in [1.165, 1.54) is 48.5 Å². The molecule has 0 bridgehead atoms. The van der Waals surface area contributed by atoms with Crippen molar-refractivity contribution in [2.75, 3.05) is 15.8 Å². The van der Waals surface area contributed by atoms with E-state index in [2.05, 4.69) is 10.0 Å². The van der Waals surface area contributed by atoms with Gasteiger partial charge in [-0.3, -0.25) is 9.52 Å². The van der Waals surface area contributed by atoms with Crippen molar-refractivity contribution in [1.82, 2.24) is 0 Å². The number of anilines is 3. The number of carboxylic acid groups (broad SMARTS) is 1. The van der Waals surface area contributed by atoms with Crippen molar-refractivity contribution >= 4 is 45.0 Å². The van der Waals surface area contributed by atoms with Crippen molar-refractivity contribution in [3.63, 3.8) is 0 Å². The third-order valence-corrected chi connectivity index (χ3v) is 5.60. The molecule has 0 aliphatic rings. The van der Waals surface area contributed by atoms with Crippen LogP contribution in [0.25, 0.3) is 6.08 Å². The Morgan fingerprint density at radius 1 is 0.903 bits per heavy atom. The van der Waals surface area contributed by atoms with Gasteiger partial charge in [0.2, 0.25) is 0 Å². The number of nitrogen functional groups attached to an aromatic ring is 1. The van der Waals surface area contributed by atoms with Crippen molar-refractivity contribution in [3.8, 4) is 0 Å². The van der Waals surface area contributed by atoms with Gasteiger partial charge in [-0.15, -0.1) is 0 Å². The van der Waals surface area contributed by atoms with Crippen LogP contribution in [0.2, 0.25) is 0 Å². The lowest BCUT2D eigenvalue weighted by molar-refractivity contribution is -0.131. The van der Waals surface area contributed by atoms with Crippen LogP contribution in [0.1, 0.15) is 15.9 Å². The monoisotopic (exact) mass is 437 g/mol. The maximum absolute atomic E-state index is 12.5. The first-order valence-electron chi connectivity index (χ1n) is 9.04. The zero-order valence-corrected chi connectivity index (χ0v) is 17.0. The molecule has 0 aliphatic heterocycles. The van der Waals surface area contributed by atoms with Gasteiger partial charge in [-0.25, -0.2) is 13.2 Å². The Labute approximate surface area is 179 Å². The second-order valence-electron chi connectivity index (χ2n) is 6.47. The summed E-state index contributed by atoms with van der Waals surface area (Å²) in [5.41, 5.74) is 7.71. The number of aliphatic carboxylic acids is 1. The molecule has 31 heavy (non-hydrogen) atoms. The minimum atomic E-state index is -3.76. The molecule has 0 atom stereocenters. The van der Waals surface area contributed by atoms with Crippen molar-refractivity contribution in [1.29, 1.82) is 0 Å². The number of para-hydroxylation sites is 1. The molecule has 0 heterocycles. The molecule has 8 nitrogen and oxygen atoms in total. The van der Waals surface area contributed by atoms with E-state index in [0.717, 1.165) is 6.08 Å². The van der Waals surface area contributed by atoms with Gasteiger partial charge in [0, 0.05) is 28.7 Å². The topological polar surface area (TPSA) is 139 Å². The number of nitrogens with one attached hydrogen (secondary N) is 2. The van der Waals surface area contributed by atoms with E-state index in [1.807, 2.05) is 0 Å². The molecule has 3 aromatic carbocycles. The summed E-state index contributed by atoms with van der Waals surface area (Å²) >= 11 is 0. The summed E-state index contributed by atoms with van der Waals surface area (Å²) in [6.07, 6.45) is 2.29. The highest BCUT2D eigenvalue weighted by molar-refractivity contribution is 7.92. The van der Waals surface area contributed by atoms with Crippen LogP contribution in [0.4, 0.5) is 17.1 Å². The largest absolute Gasteiger partial charge is 0.478 e. The Hall–Kier alpha value is -4.11. The summed E-state index contributed by atoms with van der Waals surface area (Å²) in [6, 6.07) is 18.7. The molecule has 3 aromatic rings. The molecule has 158 valence electrons. The molecule has 0 unspecified atom stereocenters. The van der Waals surface area contributed by atoms with E-state index in [1.54, 1.807) is 30.3 Å². The smallest absolute Gasteiger partial charge is 0.328 e. The quantitative estimate of drug-likeness (QED) is 0.330. The Balaban J connectivity index is 1.70. The number of carboxylic acids is 1. The molecular formula is C22H19N3O5S. The first-order valence-corrected chi connectivity index (χ1v) is 10.5. The SMILES string of the molecule is Nc1cc(C(=O)Nc2ccc(S(=O)(=O)Nc3ccccc3)cc2)ccc1/C=C\C(=O)O. The van der Waals surface area contributed by atoms with E-state index in [9.17, 15) is 18.0 Å². The molecule has 0 saturated heterocycles. The van der Waals surface area contributed by atoms with Crippen LogP contribution in [-0.2, 0) is 14.8 Å². The third kappa shape index (κ3) is 5.71. The highest BCUT2D eigenvalue weighted by atomic mass is 32.2. The van der Waals surface area contributed by atoms with Gasteiger partial charge in [0.15, 0.2) is 0 Å². The Kier molecular flexibility index (Phi) is 6.37. The molecule has 0 aliphatic carbocycles. The zero-order valence-electron chi connectivity index (χ0n) is 16.1. The molecule has 5 N–H and O–H groups in total. The van der Waals surface area contributed by atoms with Gasteiger partial charge in [-0.05, 0) is 60.2 Å². The molecule has 0 saturated carbocycles. The van der Waals surface area contributed by atoms with Crippen molar-refractivity contribution in [2.24, 2.45) is 0 Å². The fourth-order valence-electron chi connectivity index (χ4n) is 2.67. The number of benzene rings is 3. The average molecular weight is 437 g/mol. The minimum Gasteiger partial charge on any atom is -0.478 e. The molecule has 9 heteroatoms. The van der Waals surface area contributed by atoms with Crippen LogP contribution in [0.3, 0.4) is 0 Å². The number of sulfonamides is 1. The van der Waals surface area contributed by atoms with E-state index >= 15 is 0 Å². The summed E-state index contributed by atoms with van der Waals surface area (Å²) in [4.78, 5) is 23.1. The predicted octanol–water partition coefficient (Wildman–Crippen LogP) is 3.42. The molecule has 0 radical (unpaired) electrons. The van der Waals surface area contributed by atoms with Crippen LogP contribution in [0, 0.1) is 0 Å². The number of amides is 1. The van der Waals surface area contributed by atoms with Crippen molar-refractivity contribution in [3.05, 3.63) is 90.0 Å². The second kappa shape index (κ2) is 9.14. The summed E-state index contributed by atoms with van der Waals surface area (Å²) in [7, 11) is -3.76. The van der Waals surface area contributed by atoms with Gasteiger partial charge >= 0.3 is 5.97 Å². The number of nitrogens with two attached hydrogens (primary N) is 1. The number of carbonyl (C=O) groups excluding carboxylic acids is 1.